The van der Waals surface area contributed by atoms with E-state index >= 15 is 0 Å². The van der Waals surface area contributed by atoms with Gasteiger partial charge in [-0.05, 0) is 12.8 Å². The summed E-state index contributed by atoms with van der Waals surface area (Å²) in [7, 11) is 0. The first-order chi connectivity index (χ1) is 8.53. The average molecular weight is 269 g/mol. The van der Waals surface area contributed by atoms with E-state index in [9.17, 15) is 9.90 Å². The molecular formula is C12H19N3O2S. The van der Waals surface area contributed by atoms with Gasteiger partial charge in [-0.25, -0.2) is 9.78 Å². The Labute approximate surface area is 111 Å². The molecule has 1 aromatic rings. The molecule has 0 aliphatic heterocycles. The summed E-state index contributed by atoms with van der Waals surface area (Å²) in [4.78, 5) is 15.9. The third-order valence-electron chi connectivity index (χ3n) is 3.42. The van der Waals surface area contributed by atoms with Gasteiger partial charge in [0.15, 0.2) is 0 Å². The highest BCUT2D eigenvalue weighted by atomic mass is 32.1. The van der Waals surface area contributed by atoms with Crippen molar-refractivity contribution in [3.05, 3.63) is 5.82 Å². The van der Waals surface area contributed by atoms with Gasteiger partial charge in [0.25, 0.3) is 0 Å². The normalized spacial score (nSPS) is 18.8. The van der Waals surface area contributed by atoms with Gasteiger partial charge >= 0.3 is 5.97 Å². The summed E-state index contributed by atoms with van der Waals surface area (Å²) in [5.74, 6) is 0.270. The minimum atomic E-state index is -0.841. The van der Waals surface area contributed by atoms with Crippen LogP contribution in [0.5, 0.6) is 0 Å². The second kappa shape index (κ2) is 5.22. The van der Waals surface area contributed by atoms with Crippen molar-refractivity contribution >= 4 is 22.6 Å². The first-order valence-electron chi connectivity index (χ1n) is 6.39. The lowest BCUT2D eigenvalue weighted by atomic mass is 9.82. The van der Waals surface area contributed by atoms with E-state index in [0.717, 1.165) is 25.1 Å². The van der Waals surface area contributed by atoms with E-state index < -0.39 is 11.5 Å². The molecule has 0 bridgehead atoms. The molecule has 2 rings (SSSR count). The molecule has 0 radical (unpaired) electrons. The van der Waals surface area contributed by atoms with Gasteiger partial charge < -0.3 is 10.4 Å². The number of anilines is 1. The molecule has 1 saturated carbocycles. The van der Waals surface area contributed by atoms with Crippen LogP contribution in [0, 0.1) is 0 Å². The molecule has 0 amide bonds. The zero-order valence-electron chi connectivity index (χ0n) is 10.8. The standard InChI is InChI=1S/C12H19N3O2S/c1-8(2)9-13-11(18-15-9)14-12(10(16)17)6-4-3-5-7-12/h8H,3-7H2,1-2H3,(H,16,17)(H,13,14,15). The minimum Gasteiger partial charge on any atom is -0.480 e. The van der Waals surface area contributed by atoms with E-state index in [2.05, 4.69) is 14.7 Å². The van der Waals surface area contributed by atoms with Crippen molar-refractivity contribution in [1.29, 1.82) is 0 Å². The number of carboxylic acids is 1. The van der Waals surface area contributed by atoms with Crippen molar-refractivity contribution in [1.82, 2.24) is 9.36 Å². The Morgan fingerprint density at radius 1 is 1.39 bits per heavy atom. The van der Waals surface area contributed by atoms with Crippen molar-refractivity contribution in [2.45, 2.75) is 57.4 Å². The lowest BCUT2D eigenvalue weighted by molar-refractivity contribution is -0.143. The van der Waals surface area contributed by atoms with Gasteiger partial charge in [0, 0.05) is 17.5 Å². The van der Waals surface area contributed by atoms with E-state index in [1.807, 2.05) is 13.8 Å². The zero-order chi connectivity index (χ0) is 13.2. The molecule has 2 N–H and O–H groups in total. The van der Waals surface area contributed by atoms with Crippen LogP contribution in [-0.4, -0.2) is 26.0 Å². The van der Waals surface area contributed by atoms with E-state index in [-0.39, 0.29) is 5.92 Å². The molecule has 0 spiro atoms. The first-order valence-corrected chi connectivity index (χ1v) is 7.16. The Hall–Kier alpha value is -1.17. The summed E-state index contributed by atoms with van der Waals surface area (Å²) in [6, 6.07) is 0. The van der Waals surface area contributed by atoms with Crippen LogP contribution in [0.1, 0.15) is 57.7 Å². The molecule has 100 valence electrons. The molecule has 18 heavy (non-hydrogen) atoms. The largest absolute Gasteiger partial charge is 0.480 e. The van der Waals surface area contributed by atoms with Gasteiger partial charge in [0.2, 0.25) is 5.13 Å². The van der Waals surface area contributed by atoms with Crippen molar-refractivity contribution in [3.8, 4) is 0 Å². The predicted molar refractivity (Wildman–Crippen MR) is 71.1 cm³/mol. The van der Waals surface area contributed by atoms with Crippen molar-refractivity contribution in [2.24, 2.45) is 0 Å². The van der Waals surface area contributed by atoms with Crippen LogP contribution >= 0.6 is 11.5 Å². The number of aliphatic carboxylic acids is 1. The van der Waals surface area contributed by atoms with Gasteiger partial charge in [0.05, 0.1) is 0 Å². The number of hydrogen-bond donors (Lipinski definition) is 2. The van der Waals surface area contributed by atoms with E-state index in [0.29, 0.717) is 18.0 Å². The maximum absolute atomic E-state index is 11.5. The molecule has 0 atom stereocenters. The fourth-order valence-corrected chi connectivity index (χ4v) is 3.08. The van der Waals surface area contributed by atoms with E-state index in [4.69, 9.17) is 0 Å². The van der Waals surface area contributed by atoms with Crippen LogP contribution in [0.4, 0.5) is 5.13 Å². The van der Waals surface area contributed by atoms with Crippen molar-refractivity contribution in [2.75, 3.05) is 5.32 Å². The fourth-order valence-electron chi connectivity index (χ4n) is 2.27. The molecule has 1 aliphatic carbocycles. The molecule has 0 aromatic carbocycles. The molecule has 5 nitrogen and oxygen atoms in total. The molecule has 1 heterocycles. The Bertz CT molecular complexity index is 425. The number of carboxylic acid groups (broad SMARTS) is 1. The molecule has 1 fully saturated rings. The third-order valence-corrected chi connectivity index (χ3v) is 4.07. The molecule has 6 heteroatoms. The molecule has 0 unspecified atom stereocenters. The monoisotopic (exact) mass is 269 g/mol. The smallest absolute Gasteiger partial charge is 0.329 e. The van der Waals surface area contributed by atoms with Crippen molar-refractivity contribution in [3.63, 3.8) is 0 Å². The number of aromatic nitrogens is 2. The lowest BCUT2D eigenvalue weighted by Crippen LogP contribution is -2.47. The van der Waals surface area contributed by atoms with Crippen LogP contribution in [0.2, 0.25) is 0 Å². The van der Waals surface area contributed by atoms with E-state index in [1.54, 1.807) is 0 Å². The number of nitrogens with zero attached hydrogens (tertiary/aromatic N) is 2. The second-order valence-corrected chi connectivity index (χ2v) is 5.94. The highest BCUT2D eigenvalue weighted by molar-refractivity contribution is 7.09. The molecule has 1 aromatic heterocycles. The molecule has 1 aliphatic rings. The van der Waals surface area contributed by atoms with Gasteiger partial charge in [0.1, 0.15) is 11.4 Å². The first kappa shape index (κ1) is 13.3. The summed E-state index contributed by atoms with van der Waals surface area (Å²) < 4.78 is 4.25. The summed E-state index contributed by atoms with van der Waals surface area (Å²) in [6.45, 7) is 4.05. The minimum absolute atomic E-state index is 0.268. The Morgan fingerprint density at radius 2 is 2.06 bits per heavy atom. The topological polar surface area (TPSA) is 75.1 Å². The number of hydrogen-bond acceptors (Lipinski definition) is 5. The lowest BCUT2D eigenvalue weighted by Gasteiger charge is -2.33. The fraction of sp³-hybridized carbons (Fsp3) is 0.750. The van der Waals surface area contributed by atoms with E-state index in [1.165, 1.54) is 11.5 Å². The quantitative estimate of drug-likeness (QED) is 0.879. The highest BCUT2D eigenvalue weighted by Crippen LogP contribution is 2.32. The predicted octanol–water partition coefficient (Wildman–Crippen LogP) is 2.86. The van der Waals surface area contributed by atoms with Crippen LogP contribution in [0.15, 0.2) is 0 Å². The van der Waals surface area contributed by atoms with Crippen LogP contribution in [0.25, 0.3) is 0 Å². The SMILES string of the molecule is CC(C)c1nsc(NC2(C(=O)O)CCCCC2)n1. The van der Waals surface area contributed by atoms with Crippen LogP contribution in [-0.2, 0) is 4.79 Å². The van der Waals surface area contributed by atoms with Crippen LogP contribution in [0.3, 0.4) is 0 Å². The third kappa shape index (κ3) is 2.63. The van der Waals surface area contributed by atoms with Crippen LogP contribution < -0.4 is 5.32 Å². The van der Waals surface area contributed by atoms with Gasteiger partial charge in [-0.15, -0.1) is 0 Å². The maximum Gasteiger partial charge on any atom is 0.329 e. The van der Waals surface area contributed by atoms with Crippen molar-refractivity contribution < 1.29 is 9.90 Å². The van der Waals surface area contributed by atoms with Gasteiger partial charge in [-0.1, -0.05) is 33.1 Å². The number of carbonyl (C=O) groups is 1. The second-order valence-electron chi connectivity index (χ2n) is 5.19. The van der Waals surface area contributed by atoms with Gasteiger partial charge in [-0.2, -0.15) is 4.37 Å². The number of rotatable bonds is 4. The zero-order valence-corrected chi connectivity index (χ0v) is 11.6. The summed E-state index contributed by atoms with van der Waals surface area (Å²) in [5.41, 5.74) is -0.841. The Kier molecular flexibility index (Phi) is 3.85. The maximum atomic E-state index is 11.5. The molecular weight excluding hydrogens is 250 g/mol. The number of nitrogens with one attached hydrogen (secondary N) is 1. The van der Waals surface area contributed by atoms with Gasteiger partial charge in [-0.3, -0.25) is 0 Å². The highest BCUT2D eigenvalue weighted by Gasteiger charge is 2.40. The Balaban J connectivity index is 2.15. The summed E-state index contributed by atoms with van der Waals surface area (Å²) in [5, 5.41) is 13.2. The average Bonchev–Trinajstić information content (AvgIpc) is 2.78. The summed E-state index contributed by atoms with van der Waals surface area (Å²) >= 11 is 1.25. The molecule has 0 saturated heterocycles. The summed E-state index contributed by atoms with van der Waals surface area (Å²) in [6.07, 6.45) is 4.35. The Morgan fingerprint density at radius 3 is 2.56 bits per heavy atom.